The fraction of sp³-hybridized carbons (Fsp3) is 0.206. The van der Waals surface area contributed by atoms with Crippen LogP contribution in [-0.4, -0.2) is 99.7 Å². The molecule has 0 atom stereocenters. The van der Waals surface area contributed by atoms with Gasteiger partial charge in [-0.25, -0.2) is 9.59 Å². The number of ether oxygens (including phenoxy) is 8. The molecule has 1 N–H and O–H groups in total. The van der Waals surface area contributed by atoms with Crippen molar-refractivity contribution in [1.82, 2.24) is 9.80 Å². The summed E-state index contributed by atoms with van der Waals surface area (Å²) in [6.07, 6.45) is 3.84. The smallest absolute Gasteiger partial charge is 0.343 e. The third kappa shape index (κ3) is 15.2. The number of phenols is 1. The van der Waals surface area contributed by atoms with Crippen molar-refractivity contribution in [2.24, 2.45) is 0 Å². The molecule has 430 valence electrons. The summed E-state index contributed by atoms with van der Waals surface area (Å²) >= 11 is 3.16. The van der Waals surface area contributed by atoms with E-state index in [2.05, 4.69) is 9.80 Å². The number of halogens is 1. The number of rotatable bonds is 19. The van der Waals surface area contributed by atoms with Gasteiger partial charge in [0.1, 0.15) is 59.2 Å². The van der Waals surface area contributed by atoms with Crippen LogP contribution in [0.25, 0.3) is 41.1 Å². The molecular formula is C68H63ClN2O11S2. The molecule has 16 heteroatoms. The van der Waals surface area contributed by atoms with E-state index in [4.69, 9.17) is 37.9 Å². The van der Waals surface area contributed by atoms with E-state index in [1.165, 1.54) is 30.6 Å². The second kappa shape index (κ2) is 28.7. The Labute approximate surface area is 502 Å². The molecule has 12 rings (SSSR count). The maximum Gasteiger partial charge on any atom is 0.343 e. The van der Waals surface area contributed by atoms with E-state index in [1.54, 1.807) is 97.3 Å². The van der Waals surface area contributed by atoms with Gasteiger partial charge in [0.05, 0.1) is 41.2 Å². The van der Waals surface area contributed by atoms with Gasteiger partial charge in [0.25, 0.3) is 0 Å². The Bertz CT molecular complexity index is 3740. The first-order valence-electron chi connectivity index (χ1n) is 27.7. The standard InChI is InChI=1S/C41H35NO6S.C27H27NO5S.ClH/c43-40(30-10-4-1-5-11-30)47-34-16-14-29(15-17-34)39-38(46-33-20-18-32(19-21-33)45-27-26-42-24-8-3-9-25-42)36-23-22-35(28-37(36)49-39)48-41(44)31-12-6-2-7-13-31;1-30-23-10-11-24-25(18-23)34-27(19-2-4-20(29)5-3-19)26(24)33-22-8-6-21(7-9-22)32-17-14-28-12-15-31-16-13-28;/h1-2,4-7,10-23,28H,3,8-9,24-27H2;2-11,18,29H,12-17H2,1H3;1H. The zero-order chi connectivity index (χ0) is 56.7. The normalized spacial score (nSPS) is 13.4. The van der Waals surface area contributed by atoms with Crippen LogP contribution in [0.2, 0.25) is 0 Å². The minimum atomic E-state index is -0.424. The van der Waals surface area contributed by atoms with Crippen LogP contribution >= 0.6 is 35.1 Å². The molecule has 8 aromatic carbocycles. The molecular weight excluding hydrogens is 1120 g/mol. The highest BCUT2D eigenvalue weighted by atomic mass is 35.5. The van der Waals surface area contributed by atoms with Crippen molar-refractivity contribution >= 4 is 67.2 Å². The summed E-state index contributed by atoms with van der Waals surface area (Å²) in [5.74, 6) is 5.54. The van der Waals surface area contributed by atoms with Crippen molar-refractivity contribution in [2.45, 2.75) is 19.3 Å². The average molecular weight is 1180 g/mol. The van der Waals surface area contributed by atoms with E-state index in [9.17, 15) is 14.7 Å². The Kier molecular flexibility index (Phi) is 20.1. The highest BCUT2D eigenvalue weighted by Crippen LogP contribution is 2.49. The first-order valence-corrected chi connectivity index (χ1v) is 29.4. The van der Waals surface area contributed by atoms with Gasteiger partial charge in [0.2, 0.25) is 0 Å². The lowest BCUT2D eigenvalue weighted by atomic mass is 10.1. The van der Waals surface area contributed by atoms with Crippen LogP contribution < -0.4 is 33.2 Å². The Morgan fingerprint density at radius 2 is 0.893 bits per heavy atom. The minimum absolute atomic E-state index is 0. The Balaban J connectivity index is 0.000000197. The number of morpholine rings is 1. The van der Waals surface area contributed by atoms with Crippen LogP contribution in [0.5, 0.6) is 57.5 Å². The number of carbonyl (C=O) groups is 2. The van der Waals surface area contributed by atoms with Gasteiger partial charge in [0.15, 0.2) is 11.5 Å². The van der Waals surface area contributed by atoms with E-state index in [0.29, 0.717) is 47.3 Å². The number of thiophene rings is 2. The fourth-order valence-electron chi connectivity index (χ4n) is 9.68. The van der Waals surface area contributed by atoms with E-state index < -0.39 is 11.9 Å². The Morgan fingerprint density at radius 3 is 1.39 bits per heavy atom. The number of likely N-dealkylation sites (tertiary alicyclic amines) is 1. The number of nitrogens with zero attached hydrogens (tertiary/aromatic N) is 2. The molecule has 2 aromatic heterocycles. The Hall–Kier alpha value is -8.41. The second-order valence-electron chi connectivity index (χ2n) is 19.8. The van der Waals surface area contributed by atoms with Gasteiger partial charge >= 0.3 is 11.9 Å². The van der Waals surface area contributed by atoms with Crippen molar-refractivity contribution in [3.8, 4) is 78.4 Å². The molecule has 84 heavy (non-hydrogen) atoms. The van der Waals surface area contributed by atoms with Crippen LogP contribution in [0.4, 0.5) is 0 Å². The molecule has 0 saturated carbocycles. The summed E-state index contributed by atoms with van der Waals surface area (Å²) in [6.45, 7) is 8.90. The highest BCUT2D eigenvalue weighted by Gasteiger charge is 2.21. The van der Waals surface area contributed by atoms with Crippen LogP contribution in [0.3, 0.4) is 0 Å². The van der Waals surface area contributed by atoms with Gasteiger partial charge in [-0.2, -0.15) is 0 Å². The van der Waals surface area contributed by atoms with E-state index >= 15 is 0 Å². The number of hydrogen-bond donors (Lipinski definition) is 1. The number of piperidine rings is 1. The molecule has 0 bridgehead atoms. The topological polar surface area (TPSA) is 135 Å². The molecule has 2 aliphatic heterocycles. The minimum Gasteiger partial charge on any atom is -0.508 e. The molecule has 2 saturated heterocycles. The third-order valence-corrected chi connectivity index (χ3v) is 16.5. The highest BCUT2D eigenvalue weighted by molar-refractivity contribution is 7.23. The van der Waals surface area contributed by atoms with Gasteiger partial charge in [-0.1, -0.05) is 42.8 Å². The monoisotopic (exact) mass is 1180 g/mol. The summed E-state index contributed by atoms with van der Waals surface area (Å²) < 4.78 is 49.0. The molecule has 0 amide bonds. The van der Waals surface area contributed by atoms with Crippen molar-refractivity contribution in [1.29, 1.82) is 0 Å². The number of methoxy groups -OCH3 is 1. The molecule has 0 unspecified atom stereocenters. The van der Waals surface area contributed by atoms with Crippen molar-refractivity contribution in [2.75, 3.05) is 72.8 Å². The quantitative estimate of drug-likeness (QED) is 0.0608. The third-order valence-electron chi connectivity index (χ3n) is 14.1. The molecule has 4 heterocycles. The fourth-order valence-corrected chi connectivity index (χ4v) is 12.0. The largest absolute Gasteiger partial charge is 0.508 e. The lowest BCUT2D eigenvalue weighted by molar-refractivity contribution is 0.0322. The van der Waals surface area contributed by atoms with Crippen LogP contribution in [-0.2, 0) is 4.74 Å². The number of phenolic OH excluding ortho intramolecular Hbond substituents is 1. The van der Waals surface area contributed by atoms with E-state index in [0.717, 1.165) is 122 Å². The van der Waals surface area contributed by atoms with Crippen molar-refractivity contribution < 1.29 is 52.6 Å². The molecule has 2 aliphatic rings. The molecule has 0 spiro atoms. The average Bonchev–Trinajstić information content (AvgIpc) is 4.08. The van der Waals surface area contributed by atoms with E-state index in [1.807, 2.05) is 115 Å². The lowest BCUT2D eigenvalue weighted by Gasteiger charge is -2.26. The summed E-state index contributed by atoms with van der Waals surface area (Å²) in [6, 6.07) is 59.2. The number of hydrogen-bond acceptors (Lipinski definition) is 15. The summed E-state index contributed by atoms with van der Waals surface area (Å²) in [7, 11) is 1.66. The van der Waals surface area contributed by atoms with Gasteiger partial charge < -0.3 is 43.0 Å². The molecule has 0 aliphatic carbocycles. The summed E-state index contributed by atoms with van der Waals surface area (Å²) in [5.41, 5.74) is 2.83. The van der Waals surface area contributed by atoms with Gasteiger partial charge in [0, 0.05) is 46.4 Å². The van der Waals surface area contributed by atoms with Crippen LogP contribution in [0, 0.1) is 0 Å². The first kappa shape index (κ1) is 58.8. The van der Waals surface area contributed by atoms with Crippen molar-refractivity contribution in [3.05, 3.63) is 205 Å². The van der Waals surface area contributed by atoms with Gasteiger partial charge in [-0.05, 0) is 195 Å². The lowest BCUT2D eigenvalue weighted by Crippen LogP contribution is -2.38. The molecule has 13 nitrogen and oxygen atoms in total. The number of esters is 2. The predicted molar refractivity (Wildman–Crippen MR) is 334 cm³/mol. The van der Waals surface area contributed by atoms with E-state index in [-0.39, 0.29) is 18.2 Å². The summed E-state index contributed by atoms with van der Waals surface area (Å²) in [4.78, 5) is 32.1. The molecule has 2 fully saturated rings. The Morgan fingerprint density at radius 1 is 0.476 bits per heavy atom. The maximum absolute atomic E-state index is 12.8. The van der Waals surface area contributed by atoms with Crippen molar-refractivity contribution in [3.63, 3.8) is 0 Å². The van der Waals surface area contributed by atoms with Crippen LogP contribution in [0.1, 0.15) is 40.0 Å². The maximum atomic E-state index is 12.8. The van der Waals surface area contributed by atoms with Gasteiger partial charge in [-0.15, -0.1) is 35.1 Å². The SMILES string of the molecule is COc1ccc2c(Oc3ccc(OCCN4CCOCC4)cc3)c(-c3ccc(O)cc3)sc2c1.Cl.O=C(Oc1ccc(-c2sc3cc(OC(=O)c4ccccc4)ccc3c2Oc2ccc(OCCN3CCCCC3)cc2)cc1)c1ccccc1. The zero-order valence-electron chi connectivity index (χ0n) is 46.3. The molecule has 0 radical (unpaired) electrons. The number of benzene rings is 8. The van der Waals surface area contributed by atoms with Crippen LogP contribution in [0.15, 0.2) is 194 Å². The second-order valence-corrected chi connectivity index (χ2v) is 21.9. The summed E-state index contributed by atoms with van der Waals surface area (Å²) in [5, 5.41) is 11.6. The molecule has 10 aromatic rings. The first-order chi connectivity index (χ1) is 40.8. The number of carbonyl (C=O) groups excluding carboxylic acids is 2. The zero-order valence-corrected chi connectivity index (χ0v) is 48.8. The predicted octanol–water partition coefficient (Wildman–Crippen LogP) is 15.9. The number of aromatic hydroxyl groups is 1. The van der Waals surface area contributed by atoms with Gasteiger partial charge in [-0.3, -0.25) is 9.80 Å². The number of fused-ring (bicyclic) bond motifs is 2.